The van der Waals surface area contributed by atoms with Crippen LogP contribution in [0.1, 0.15) is 79.0 Å². The number of hydrogen-bond acceptors (Lipinski definition) is 1. The second kappa shape index (κ2) is 14.2. The average molecular weight is 854 g/mol. The molecule has 8 aromatic carbocycles. The number of rotatable bonds is 4. The zero-order chi connectivity index (χ0) is 45.4. The summed E-state index contributed by atoms with van der Waals surface area (Å²) in [5.74, 6) is 0. The molecule has 66 heavy (non-hydrogen) atoms. The molecule has 10 aromatic rings. The first-order chi connectivity index (χ1) is 31.7. The monoisotopic (exact) mass is 853 g/mol. The minimum atomic E-state index is -0.123. The van der Waals surface area contributed by atoms with Crippen LogP contribution in [0.5, 0.6) is 0 Å². The molecule has 4 heterocycles. The van der Waals surface area contributed by atoms with Crippen LogP contribution in [0, 0.1) is 0 Å². The summed E-state index contributed by atoms with van der Waals surface area (Å²) in [5, 5.41) is 3.79. The topological polar surface area (TPSA) is 13.1 Å². The molecular formula is C62H56BN3. The molecule has 0 radical (unpaired) electrons. The van der Waals surface area contributed by atoms with E-state index in [-0.39, 0.29) is 23.1 Å². The summed E-state index contributed by atoms with van der Waals surface area (Å²) in [4.78, 5) is 2.58. The number of para-hydroxylation sites is 2. The molecule has 0 spiro atoms. The van der Waals surface area contributed by atoms with Crippen LogP contribution < -0.4 is 15.8 Å². The minimum absolute atomic E-state index is 0.0439. The van der Waals surface area contributed by atoms with E-state index in [0.29, 0.717) is 0 Å². The second-order valence-corrected chi connectivity index (χ2v) is 21.8. The Hall–Kier alpha value is -7.04. The van der Waals surface area contributed by atoms with Gasteiger partial charge in [0.2, 0.25) is 0 Å². The van der Waals surface area contributed by atoms with Gasteiger partial charge in [0.15, 0.2) is 0 Å². The van der Waals surface area contributed by atoms with Crippen molar-refractivity contribution in [2.24, 2.45) is 0 Å². The molecule has 2 aromatic heterocycles. The molecule has 2 aliphatic rings. The van der Waals surface area contributed by atoms with Gasteiger partial charge in [-0.2, -0.15) is 0 Å². The fourth-order valence-electron chi connectivity index (χ4n) is 11.2. The van der Waals surface area contributed by atoms with E-state index >= 15 is 0 Å². The minimum Gasteiger partial charge on any atom is -0.375 e. The van der Waals surface area contributed by atoms with Gasteiger partial charge in [-0.3, -0.25) is 0 Å². The third kappa shape index (κ3) is 5.96. The van der Waals surface area contributed by atoms with E-state index in [4.69, 9.17) is 0 Å². The molecule has 0 atom stereocenters. The predicted octanol–water partition coefficient (Wildman–Crippen LogP) is 15.4. The highest BCUT2D eigenvalue weighted by Crippen LogP contribution is 2.52. The highest BCUT2D eigenvalue weighted by molar-refractivity contribution is 6.90. The molecule has 3 nitrogen and oxygen atoms in total. The Kier molecular flexibility index (Phi) is 8.73. The molecule has 0 N–H and O–H groups in total. The smallest absolute Gasteiger partial charge is 0.333 e. The summed E-state index contributed by atoms with van der Waals surface area (Å²) < 4.78 is 5.31. The largest absolute Gasteiger partial charge is 0.375 e. The van der Waals surface area contributed by atoms with Crippen LogP contribution in [0.25, 0.3) is 71.9 Å². The van der Waals surface area contributed by atoms with Gasteiger partial charge in [0.25, 0.3) is 0 Å². The molecule has 0 fully saturated rings. The highest BCUT2D eigenvalue weighted by atomic mass is 15.2. The molecule has 322 valence electrons. The van der Waals surface area contributed by atoms with E-state index in [2.05, 4.69) is 252 Å². The van der Waals surface area contributed by atoms with Crippen LogP contribution in [0.15, 0.2) is 176 Å². The molecule has 0 saturated carbocycles. The van der Waals surface area contributed by atoms with Crippen LogP contribution in [-0.4, -0.2) is 15.9 Å². The summed E-state index contributed by atoms with van der Waals surface area (Å²) in [7, 11) is 0. The lowest BCUT2D eigenvalue weighted by Crippen LogP contribution is -2.57. The van der Waals surface area contributed by atoms with E-state index in [0.717, 1.165) is 0 Å². The lowest BCUT2D eigenvalue weighted by molar-refractivity contribution is 0.590. The van der Waals surface area contributed by atoms with Crippen LogP contribution >= 0.6 is 0 Å². The molecule has 0 aliphatic carbocycles. The van der Waals surface area contributed by atoms with Gasteiger partial charge in [-0.15, -0.1) is 0 Å². The SMILES string of the molecule is CC(C)(C)c1ccc(N2c3ccc(C(C)(C)C)cc3B3c4c(cc(C(C)(C)C)cc42)-c2ccc(-n4c5ccccc5c5ccccc54)c4c(-c5ccccc5)c(-c5ccccc5)n3c24)cc1. The second-order valence-electron chi connectivity index (χ2n) is 21.8. The Morgan fingerprint density at radius 1 is 0.424 bits per heavy atom. The van der Waals surface area contributed by atoms with E-state index < -0.39 is 0 Å². The fourth-order valence-corrected chi connectivity index (χ4v) is 11.2. The zero-order valence-corrected chi connectivity index (χ0v) is 39.7. The van der Waals surface area contributed by atoms with Gasteiger partial charge in [0.05, 0.1) is 16.7 Å². The van der Waals surface area contributed by atoms with Crippen molar-refractivity contribution in [3.05, 3.63) is 193 Å². The summed E-state index contributed by atoms with van der Waals surface area (Å²) in [6, 6.07) is 66.9. The van der Waals surface area contributed by atoms with E-state index in [9.17, 15) is 0 Å². The molecule has 4 heteroatoms. The highest BCUT2D eigenvalue weighted by Gasteiger charge is 2.45. The maximum absolute atomic E-state index is 2.77. The van der Waals surface area contributed by atoms with Gasteiger partial charge >= 0.3 is 6.85 Å². The molecule has 2 aliphatic heterocycles. The van der Waals surface area contributed by atoms with Crippen molar-refractivity contribution in [2.75, 3.05) is 4.90 Å². The predicted molar refractivity (Wildman–Crippen MR) is 284 cm³/mol. The average Bonchev–Trinajstić information content (AvgIpc) is 3.84. The van der Waals surface area contributed by atoms with Crippen molar-refractivity contribution in [1.29, 1.82) is 0 Å². The third-order valence-corrected chi connectivity index (χ3v) is 14.6. The van der Waals surface area contributed by atoms with Gasteiger partial charge in [-0.05, 0) is 103 Å². The van der Waals surface area contributed by atoms with Crippen LogP contribution in [-0.2, 0) is 16.2 Å². The normalized spacial score (nSPS) is 13.5. The van der Waals surface area contributed by atoms with Crippen molar-refractivity contribution >= 4 is 67.5 Å². The number of anilines is 3. The summed E-state index contributed by atoms with van der Waals surface area (Å²) in [5.41, 5.74) is 22.6. The number of benzene rings is 8. The van der Waals surface area contributed by atoms with Gasteiger partial charge < -0.3 is 13.9 Å². The van der Waals surface area contributed by atoms with Gasteiger partial charge in [-0.25, -0.2) is 0 Å². The quantitative estimate of drug-likeness (QED) is 0.161. The Bertz CT molecular complexity index is 3520. The summed E-state index contributed by atoms with van der Waals surface area (Å²) in [6.07, 6.45) is 0. The number of fused-ring (bicyclic) bond motifs is 7. The molecule has 0 unspecified atom stereocenters. The summed E-state index contributed by atoms with van der Waals surface area (Å²) in [6.45, 7) is 20.9. The van der Waals surface area contributed by atoms with E-state index in [1.54, 1.807) is 0 Å². The standard InChI is InChI=1S/C62H56BN3/c1-60(2,3)41-28-31-44(32-29-41)64-52-34-30-42(61(4,5)6)37-49(52)63-57-48(36-43(38-54(57)64)62(7,8)9)47-33-35-53(65-50-26-18-16-24-45(50)46-25-17-19-27-51(46)65)56-55(39-20-12-10-13-21-39)58(66(63)59(47)56)40-22-14-11-15-23-40/h10-38H,1-9H3. The maximum atomic E-state index is 2.77. The third-order valence-electron chi connectivity index (χ3n) is 14.6. The summed E-state index contributed by atoms with van der Waals surface area (Å²) >= 11 is 0. The molecule has 0 saturated heterocycles. The number of nitrogens with zero attached hydrogens (tertiary/aromatic N) is 3. The zero-order valence-electron chi connectivity index (χ0n) is 39.7. The molecular weight excluding hydrogens is 798 g/mol. The van der Waals surface area contributed by atoms with Gasteiger partial charge in [-0.1, -0.05) is 196 Å². The maximum Gasteiger partial charge on any atom is 0.333 e. The molecule has 0 amide bonds. The Morgan fingerprint density at radius 3 is 1.58 bits per heavy atom. The first-order valence-electron chi connectivity index (χ1n) is 23.7. The van der Waals surface area contributed by atoms with Crippen LogP contribution in [0.4, 0.5) is 17.1 Å². The number of aromatic nitrogens is 2. The fraction of sp³-hybridized carbons (Fsp3) is 0.194. The van der Waals surface area contributed by atoms with Gasteiger partial charge in [0, 0.05) is 55.6 Å². The Morgan fingerprint density at radius 2 is 0.970 bits per heavy atom. The molecule has 0 bridgehead atoms. The van der Waals surface area contributed by atoms with E-state index in [1.165, 1.54) is 117 Å². The molecule has 12 rings (SSSR count). The first kappa shape index (κ1) is 40.5. The Labute approximate surface area is 390 Å². The van der Waals surface area contributed by atoms with Crippen LogP contribution in [0.2, 0.25) is 0 Å². The van der Waals surface area contributed by atoms with Crippen molar-refractivity contribution in [1.82, 2.24) is 9.05 Å². The van der Waals surface area contributed by atoms with Crippen molar-refractivity contribution < 1.29 is 0 Å². The van der Waals surface area contributed by atoms with Gasteiger partial charge in [0.1, 0.15) is 0 Å². The first-order valence-corrected chi connectivity index (χ1v) is 23.7. The lowest BCUT2D eigenvalue weighted by atomic mass is 9.44. The van der Waals surface area contributed by atoms with Crippen molar-refractivity contribution in [3.8, 4) is 39.2 Å². The Balaban J connectivity index is 1.30. The number of hydrogen-bond donors (Lipinski definition) is 0. The van der Waals surface area contributed by atoms with Crippen molar-refractivity contribution in [3.63, 3.8) is 0 Å². The van der Waals surface area contributed by atoms with Crippen LogP contribution in [0.3, 0.4) is 0 Å². The lowest BCUT2D eigenvalue weighted by Gasteiger charge is -2.42. The van der Waals surface area contributed by atoms with Crippen molar-refractivity contribution in [2.45, 2.75) is 78.6 Å². The van der Waals surface area contributed by atoms with E-state index in [1.807, 2.05) is 0 Å².